The molecule has 1 aromatic rings. The van der Waals surface area contributed by atoms with E-state index in [9.17, 15) is 4.79 Å². The van der Waals surface area contributed by atoms with Gasteiger partial charge in [0.2, 0.25) is 5.91 Å². The van der Waals surface area contributed by atoms with Crippen molar-refractivity contribution in [3.05, 3.63) is 35.9 Å². The smallest absolute Gasteiger partial charge is 0.240 e. The van der Waals surface area contributed by atoms with E-state index in [1.165, 1.54) is 5.56 Å². The van der Waals surface area contributed by atoms with E-state index in [1.807, 2.05) is 25.1 Å². The quantitative estimate of drug-likeness (QED) is 0.896. The van der Waals surface area contributed by atoms with Crippen LogP contribution in [0.5, 0.6) is 0 Å². The molecule has 0 saturated carbocycles. The zero-order valence-corrected chi connectivity index (χ0v) is 13.5. The summed E-state index contributed by atoms with van der Waals surface area (Å²) in [7, 11) is 0. The molecule has 1 heterocycles. The van der Waals surface area contributed by atoms with E-state index in [1.54, 1.807) is 0 Å². The lowest BCUT2D eigenvalue weighted by Crippen LogP contribution is -2.58. The second-order valence-electron chi connectivity index (χ2n) is 5.73. The van der Waals surface area contributed by atoms with Crippen molar-refractivity contribution in [2.75, 3.05) is 13.2 Å². The Morgan fingerprint density at radius 3 is 2.38 bits per heavy atom. The number of amides is 1. The minimum absolute atomic E-state index is 0. The minimum atomic E-state index is -0.775. The molecule has 3 N–H and O–H groups in total. The maximum Gasteiger partial charge on any atom is 0.240 e. The molecule has 118 valence electrons. The molecule has 2 atom stereocenters. The number of hydrogen-bond acceptors (Lipinski definition) is 3. The van der Waals surface area contributed by atoms with Gasteiger partial charge in [0.1, 0.15) is 0 Å². The predicted molar refractivity (Wildman–Crippen MR) is 86.7 cm³/mol. The van der Waals surface area contributed by atoms with E-state index in [2.05, 4.69) is 24.4 Å². The number of nitrogens with one attached hydrogen (secondary N) is 1. The molecule has 1 fully saturated rings. The fraction of sp³-hybridized carbons (Fsp3) is 0.562. The van der Waals surface area contributed by atoms with E-state index in [4.69, 9.17) is 10.5 Å². The van der Waals surface area contributed by atoms with Crippen LogP contribution in [0, 0.1) is 0 Å². The Bertz CT molecular complexity index is 447. The van der Waals surface area contributed by atoms with Crippen molar-refractivity contribution < 1.29 is 9.53 Å². The molecule has 1 amide bonds. The number of carbonyl (C=O) groups excluding carboxylic acids is 1. The first kappa shape index (κ1) is 18.0. The molecule has 0 spiro atoms. The summed E-state index contributed by atoms with van der Waals surface area (Å²) in [5.41, 5.74) is 6.64. The topological polar surface area (TPSA) is 64.4 Å². The summed E-state index contributed by atoms with van der Waals surface area (Å²) in [5.74, 6) is 0.194. The Hall–Kier alpha value is -1.10. The SMILES string of the molecule is CC(NC(=O)C1(N)CCOCC1)C(C)c1ccccc1.Cl. The van der Waals surface area contributed by atoms with Crippen molar-refractivity contribution in [2.24, 2.45) is 5.73 Å². The number of ether oxygens (including phenoxy) is 1. The monoisotopic (exact) mass is 312 g/mol. The van der Waals surface area contributed by atoms with Crippen LogP contribution in [0.3, 0.4) is 0 Å². The highest BCUT2D eigenvalue weighted by molar-refractivity contribution is 5.86. The van der Waals surface area contributed by atoms with Crippen LogP contribution in [-0.4, -0.2) is 30.7 Å². The lowest BCUT2D eigenvalue weighted by atomic mass is 9.88. The largest absolute Gasteiger partial charge is 0.381 e. The number of benzene rings is 1. The Morgan fingerprint density at radius 2 is 1.81 bits per heavy atom. The fourth-order valence-corrected chi connectivity index (χ4v) is 2.48. The summed E-state index contributed by atoms with van der Waals surface area (Å²) in [5, 5.41) is 3.07. The van der Waals surface area contributed by atoms with Crippen molar-refractivity contribution in [3.8, 4) is 0 Å². The van der Waals surface area contributed by atoms with E-state index < -0.39 is 5.54 Å². The van der Waals surface area contributed by atoms with Gasteiger partial charge in [-0.2, -0.15) is 0 Å². The van der Waals surface area contributed by atoms with Gasteiger partial charge >= 0.3 is 0 Å². The summed E-state index contributed by atoms with van der Waals surface area (Å²) >= 11 is 0. The number of carbonyl (C=O) groups is 1. The van der Waals surface area contributed by atoms with Crippen LogP contribution in [0.25, 0.3) is 0 Å². The molecule has 2 unspecified atom stereocenters. The third-order valence-electron chi connectivity index (χ3n) is 4.27. The van der Waals surface area contributed by atoms with Crippen molar-refractivity contribution in [2.45, 2.75) is 44.2 Å². The first-order valence-electron chi connectivity index (χ1n) is 7.25. The average Bonchev–Trinajstić information content (AvgIpc) is 2.48. The van der Waals surface area contributed by atoms with Crippen molar-refractivity contribution in [1.29, 1.82) is 0 Å². The highest BCUT2D eigenvalue weighted by Gasteiger charge is 2.36. The summed E-state index contributed by atoms with van der Waals surface area (Å²) in [4.78, 5) is 12.4. The molecule has 1 saturated heterocycles. The second-order valence-corrected chi connectivity index (χ2v) is 5.73. The Labute approximate surface area is 132 Å². The zero-order valence-electron chi connectivity index (χ0n) is 12.7. The molecule has 5 heteroatoms. The Balaban J connectivity index is 0.00000220. The molecular weight excluding hydrogens is 288 g/mol. The normalized spacial score (nSPS) is 20.0. The van der Waals surface area contributed by atoms with E-state index in [0.717, 1.165) is 0 Å². The molecule has 1 aliphatic heterocycles. The van der Waals surface area contributed by atoms with E-state index in [-0.39, 0.29) is 30.3 Å². The van der Waals surface area contributed by atoms with Crippen LogP contribution in [0.4, 0.5) is 0 Å². The van der Waals surface area contributed by atoms with Gasteiger partial charge in [-0.25, -0.2) is 0 Å². The molecule has 2 rings (SSSR count). The predicted octanol–water partition coefficient (Wildman–Crippen LogP) is 2.22. The first-order valence-corrected chi connectivity index (χ1v) is 7.25. The Kier molecular flexibility index (Phi) is 6.65. The van der Waals surface area contributed by atoms with Gasteiger partial charge in [-0.05, 0) is 25.3 Å². The van der Waals surface area contributed by atoms with Crippen molar-refractivity contribution in [3.63, 3.8) is 0 Å². The molecular formula is C16H25ClN2O2. The van der Waals surface area contributed by atoms with Crippen LogP contribution in [0.1, 0.15) is 38.2 Å². The number of hydrogen-bond donors (Lipinski definition) is 2. The van der Waals surface area contributed by atoms with Gasteiger partial charge in [-0.15, -0.1) is 12.4 Å². The summed E-state index contributed by atoms with van der Waals surface area (Å²) in [6.45, 7) is 5.27. The minimum Gasteiger partial charge on any atom is -0.381 e. The zero-order chi connectivity index (χ0) is 14.6. The van der Waals surface area contributed by atoms with Gasteiger partial charge in [-0.3, -0.25) is 4.79 Å². The summed E-state index contributed by atoms with van der Waals surface area (Å²) < 4.78 is 5.28. The number of nitrogens with two attached hydrogens (primary N) is 1. The summed E-state index contributed by atoms with van der Waals surface area (Å²) in [6, 6.07) is 10.2. The molecule has 21 heavy (non-hydrogen) atoms. The first-order chi connectivity index (χ1) is 9.53. The Morgan fingerprint density at radius 1 is 1.24 bits per heavy atom. The number of rotatable bonds is 4. The van der Waals surface area contributed by atoms with Gasteiger partial charge in [0, 0.05) is 25.2 Å². The fourth-order valence-electron chi connectivity index (χ4n) is 2.48. The lowest BCUT2D eigenvalue weighted by molar-refractivity contribution is -0.130. The van der Waals surface area contributed by atoms with Crippen LogP contribution < -0.4 is 11.1 Å². The highest BCUT2D eigenvalue weighted by atomic mass is 35.5. The van der Waals surface area contributed by atoms with Crippen molar-refractivity contribution in [1.82, 2.24) is 5.32 Å². The van der Waals surface area contributed by atoms with Gasteiger partial charge in [0.25, 0.3) is 0 Å². The molecule has 0 aromatic heterocycles. The van der Waals surface area contributed by atoms with Gasteiger partial charge in [0.15, 0.2) is 0 Å². The number of halogens is 1. The molecule has 0 radical (unpaired) electrons. The van der Waals surface area contributed by atoms with Gasteiger partial charge in [-0.1, -0.05) is 37.3 Å². The molecule has 4 nitrogen and oxygen atoms in total. The standard InChI is InChI=1S/C16H24N2O2.ClH/c1-12(14-6-4-3-5-7-14)13(2)18-15(19)16(17)8-10-20-11-9-16;/h3-7,12-13H,8-11,17H2,1-2H3,(H,18,19);1H. The average molecular weight is 313 g/mol. The van der Waals surface area contributed by atoms with Crippen LogP contribution >= 0.6 is 12.4 Å². The second kappa shape index (κ2) is 7.78. The van der Waals surface area contributed by atoms with Gasteiger partial charge < -0.3 is 15.8 Å². The van der Waals surface area contributed by atoms with Crippen LogP contribution in [0.15, 0.2) is 30.3 Å². The van der Waals surface area contributed by atoms with Gasteiger partial charge in [0.05, 0.1) is 5.54 Å². The highest BCUT2D eigenvalue weighted by Crippen LogP contribution is 2.21. The van der Waals surface area contributed by atoms with E-state index >= 15 is 0 Å². The van der Waals surface area contributed by atoms with Crippen molar-refractivity contribution >= 4 is 18.3 Å². The molecule has 1 aromatic carbocycles. The van der Waals surface area contributed by atoms with E-state index in [0.29, 0.717) is 26.1 Å². The molecule has 0 bridgehead atoms. The molecule has 1 aliphatic rings. The lowest BCUT2D eigenvalue weighted by Gasteiger charge is -2.34. The summed E-state index contributed by atoms with van der Waals surface area (Å²) in [6.07, 6.45) is 1.18. The third kappa shape index (κ3) is 4.43. The third-order valence-corrected chi connectivity index (χ3v) is 4.27. The maximum absolute atomic E-state index is 12.4. The van der Waals surface area contributed by atoms with Crippen LogP contribution in [-0.2, 0) is 9.53 Å². The molecule has 0 aliphatic carbocycles. The van der Waals surface area contributed by atoms with Crippen LogP contribution in [0.2, 0.25) is 0 Å². The maximum atomic E-state index is 12.4.